The lowest BCUT2D eigenvalue weighted by molar-refractivity contribution is -0.688. The van der Waals surface area contributed by atoms with Gasteiger partial charge in [0.2, 0.25) is 12.4 Å². The first-order chi connectivity index (χ1) is 14.7. The summed E-state index contributed by atoms with van der Waals surface area (Å²) < 4.78 is 36.8. The lowest BCUT2D eigenvalue weighted by Gasteiger charge is -2.31. The molecule has 31 heavy (non-hydrogen) atoms. The Morgan fingerprint density at radius 3 is 2.45 bits per heavy atom. The fraction of sp³-hybridized carbons (Fsp3) is 0.529. The van der Waals surface area contributed by atoms with Gasteiger partial charge in [0.25, 0.3) is 0 Å². The number of hydroxylamine groups is 2. The SMILES string of the molecule is CCN(CC)C(=O)NN(C(=O)[C@@H]1CC[C@@H]2CN1C(=O)N2OS(=O)(=O)O)[n+]1ccccc1. The van der Waals surface area contributed by atoms with Crippen LogP contribution in [0, 0.1) is 0 Å². The molecule has 13 nitrogen and oxygen atoms in total. The number of hydrogen-bond donors (Lipinski definition) is 2. The molecular formula is C17H25N6O7S+. The van der Waals surface area contributed by atoms with Crippen LogP contribution in [0.3, 0.4) is 0 Å². The summed E-state index contributed by atoms with van der Waals surface area (Å²) in [6.45, 7) is 4.52. The highest BCUT2D eigenvalue weighted by atomic mass is 32.3. The molecule has 2 aliphatic rings. The number of nitrogens with zero attached hydrogens (tertiary/aromatic N) is 5. The van der Waals surface area contributed by atoms with Gasteiger partial charge in [0.15, 0.2) is 0 Å². The molecule has 0 unspecified atom stereocenters. The summed E-state index contributed by atoms with van der Waals surface area (Å²) >= 11 is 0. The number of carbonyl (C=O) groups is 3. The van der Waals surface area contributed by atoms with Gasteiger partial charge < -0.3 is 9.80 Å². The average molecular weight is 457 g/mol. The minimum absolute atomic E-state index is 0.0437. The van der Waals surface area contributed by atoms with Crippen molar-refractivity contribution in [3.8, 4) is 0 Å². The van der Waals surface area contributed by atoms with Crippen molar-refractivity contribution in [3.63, 3.8) is 0 Å². The smallest absolute Gasteiger partial charge is 0.324 e. The van der Waals surface area contributed by atoms with E-state index in [-0.39, 0.29) is 19.4 Å². The molecule has 0 spiro atoms. The summed E-state index contributed by atoms with van der Waals surface area (Å²) in [5.41, 5.74) is 2.57. The third kappa shape index (κ3) is 4.86. The van der Waals surface area contributed by atoms with Crippen LogP contribution >= 0.6 is 0 Å². The molecular weight excluding hydrogens is 432 g/mol. The first kappa shape index (κ1) is 22.7. The molecule has 2 aliphatic heterocycles. The minimum Gasteiger partial charge on any atom is -0.324 e. The van der Waals surface area contributed by atoms with E-state index in [2.05, 4.69) is 9.71 Å². The van der Waals surface area contributed by atoms with Gasteiger partial charge in [0, 0.05) is 31.8 Å². The van der Waals surface area contributed by atoms with E-state index in [4.69, 9.17) is 4.55 Å². The van der Waals surface area contributed by atoms with Crippen LogP contribution < -0.4 is 15.2 Å². The Bertz CT molecular complexity index is 940. The molecule has 2 saturated heterocycles. The summed E-state index contributed by atoms with van der Waals surface area (Å²) in [7, 11) is -4.89. The number of hydrazine groups is 1. The number of fused-ring (bicyclic) bond motifs is 2. The third-order valence-corrected chi connectivity index (χ3v) is 5.52. The first-order valence-electron chi connectivity index (χ1n) is 9.79. The molecule has 5 amide bonds. The normalized spacial score (nSPS) is 20.5. The summed E-state index contributed by atoms with van der Waals surface area (Å²) in [6, 6.07) is 2.14. The Balaban J connectivity index is 1.85. The number of carbonyl (C=O) groups excluding carboxylic acids is 3. The van der Waals surface area contributed by atoms with Gasteiger partial charge in [0.05, 0.1) is 6.04 Å². The van der Waals surface area contributed by atoms with Gasteiger partial charge in [-0.3, -0.25) is 9.35 Å². The highest BCUT2D eigenvalue weighted by molar-refractivity contribution is 7.80. The number of urea groups is 2. The van der Waals surface area contributed by atoms with E-state index in [1.807, 2.05) is 0 Å². The Labute approximate surface area is 179 Å². The van der Waals surface area contributed by atoms with Crippen LogP contribution in [0.4, 0.5) is 9.59 Å². The van der Waals surface area contributed by atoms with Crippen molar-refractivity contribution in [3.05, 3.63) is 30.6 Å². The summed E-state index contributed by atoms with van der Waals surface area (Å²) in [5.74, 6) is -0.586. The molecule has 0 aliphatic carbocycles. The lowest BCUT2D eigenvalue weighted by Crippen LogP contribution is -2.72. The quantitative estimate of drug-likeness (QED) is 0.330. The molecule has 3 rings (SSSR count). The van der Waals surface area contributed by atoms with Crippen LogP contribution in [-0.4, -0.2) is 77.5 Å². The van der Waals surface area contributed by atoms with Crippen molar-refractivity contribution in [2.24, 2.45) is 0 Å². The van der Waals surface area contributed by atoms with Gasteiger partial charge >= 0.3 is 28.4 Å². The minimum atomic E-state index is -4.89. The van der Waals surface area contributed by atoms with Crippen LogP contribution in [-0.2, 0) is 19.5 Å². The molecule has 2 fully saturated rings. The highest BCUT2D eigenvalue weighted by Gasteiger charge is 2.51. The van der Waals surface area contributed by atoms with Crippen molar-refractivity contribution in [2.75, 3.05) is 24.8 Å². The van der Waals surface area contributed by atoms with Gasteiger partial charge in [-0.2, -0.15) is 18.9 Å². The zero-order valence-corrected chi connectivity index (χ0v) is 17.9. The molecule has 2 bridgehead atoms. The first-order valence-corrected chi connectivity index (χ1v) is 11.2. The summed E-state index contributed by atoms with van der Waals surface area (Å²) in [6.07, 6.45) is 3.61. The predicted molar refractivity (Wildman–Crippen MR) is 105 cm³/mol. The van der Waals surface area contributed by atoms with Crippen LogP contribution in [0.1, 0.15) is 26.7 Å². The zero-order chi connectivity index (χ0) is 22.8. The largest absolute Gasteiger partial charge is 0.418 e. The van der Waals surface area contributed by atoms with Crippen molar-refractivity contribution < 1.29 is 36.3 Å². The van der Waals surface area contributed by atoms with Crippen LogP contribution in [0.5, 0.6) is 0 Å². The second-order valence-electron chi connectivity index (χ2n) is 7.00. The number of hydrogen-bond acceptors (Lipinski definition) is 6. The van der Waals surface area contributed by atoms with Gasteiger partial charge in [-0.1, -0.05) is 10.7 Å². The van der Waals surface area contributed by atoms with Crippen molar-refractivity contribution in [1.29, 1.82) is 0 Å². The van der Waals surface area contributed by atoms with E-state index in [0.717, 1.165) is 5.12 Å². The molecule has 1 aromatic heterocycles. The van der Waals surface area contributed by atoms with Crippen LogP contribution in [0.2, 0.25) is 0 Å². The van der Waals surface area contributed by atoms with Crippen molar-refractivity contribution in [2.45, 2.75) is 38.8 Å². The van der Waals surface area contributed by atoms with E-state index in [9.17, 15) is 22.8 Å². The fourth-order valence-electron chi connectivity index (χ4n) is 3.65. The third-order valence-electron chi connectivity index (χ3n) is 5.17. The average Bonchev–Trinajstić information content (AvgIpc) is 2.96. The van der Waals surface area contributed by atoms with Gasteiger partial charge in [-0.05, 0) is 31.8 Å². The Hall–Kier alpha value is -2.97. The Kier molecular flexibility index (Phi) is 6.62. The topological polar surface area (TPSA) is 144 Å². The predicted octanol–water partition coefficient (Wildman–Crippen LogP) is -0.592. The van der Waals surface area contributed by atoms with Crippen molar-refractivity contribution >= 4 is 28.4 Å². The number of pyridine rings is 1. The zero-order valence-electron chi connectivity index (χ0n) is 17.1. The van der Waals surface area contributed by atoms with Crippen LogP contribution in [0.15, 0.2) is 30.6 Å². The van der Waals surface area contributed by atoms with E-state index >= 15 is 0 Å². The molecule has 0 saturated carbocycles. The summed E-state index contributed by atoms with van der Waals surface area (Å²) in [5, 5.41) is 1.59. The molecule has 1 aromatic rings. The monoisotopic (exact) mass is 457 g/mol. The van der Waals surface area contributed by atoms with E-state index in [1.54, 1.807) is 44.4 Å². The maximum absolute atomic E-state index is 13.4. The number of aromatic nitrogens is 1. The maximum Gasteiger partial charge on any atom is 0.418 e. The Morgan fingerprint density at radius 1 is 1.23 bits per heavy atom. The molecule has 2 atom stereocenters. The number of amides is 5. The molecule has 0 aromatic carbocycles. The van der Waals surface area contributed by atoms with Crippen molar-refractivity contribution in [1.82, 2.24) is 20.3 Å². The van der Waals surface area contributed by atoms with Gasteiger partial charge in [0.1, 0.15) is 6.04 Å². The van der Waals surface area contributed by atoms with Gasteiger partial charge in [-0.15, -0.1) is 4.28 Å². The maximum atomic E-state index is 13.4. The molecule has 0 radical (unpaired) electrons. The summed E-state index contributed by atoms with van der Waals surface area (Å²) in [4.78, 5) is 41.3. The number of piperidine rings is 1. The highest BCUT2D eigenvalue weighted by Crippen LogP contribution is 2.31. The standard InChI is InChI=1S/C17H24N6O7S/c1-3-19(4-2)16(25)18-23(20-10-6-5-7-11-20)15(24)14-9-8-13-12-21(14)17(26)22(13)30-31(27,28)29/h5-7,10-11,13-14H,3-4,8-9,12H2,1-2H3,(H-,18,25,27,28,29)/p+1/t13-,14+/m1/s1. The fourth-order valence-corrected chi connectivity index (χ4v) is 4.04. The number of rotatable bonds is 6. The molecule has 14 heteroatoms. The van der Waals surface area contributed by atoms with E-state index < -0.39 is 40.5 Å². The second kappa shape index (κ2) is 9.03. The lowest BCUT2D eigenvalue weighted by atomic mass is 10.0. The van der Waals surface area contributed by atoms with E-state index in [0.29, 0.717) is 18.2 Å². The Morgan fingerprint density at radius 2 is 1.87 bits per heavy atom. The second-order valence-corrected chi connectivity index (χ2v) is 8.01. The van der Waals surface area contributed by atoms with Gasteiger partial charge in [-0.25, -0.2) is 9.59 Å². The molecule has 2 N–H and O–H groups in total. The van der Waals surface area contributed by atoms with E-state index in [1.165, 1.54) is 14.5 Å². The van der Waals surface area contributed by atoms with Crippen LogP contribution in [0.25, 0.3) is 0 Å². The number of nitrogens with one attached hydrogen (secondary N) is 1. The molecule has 3 heterocycles. The molecule has 170 valence electrons.